The molecule has 0 aromatic heterocycles. The van der Waals surface area contributed by atoms with Crippen LogP contribution in [0.5, 0.6) is 0 Å². The maximum atomic E-state index is 13.6. The fourth-order valence-electron chi connectivity index (χ4n) is 2.43. The molecule has 1 fully saturated rings. The highest BCUT2D eigenvalue weighted by molar-refractivity contribution is 5.90. The Hall–Kier alpha value is -2.18. The minimum atomic E-state index is -1.43. The highest BCUT2D eigenvalue weighted by Gasteiger charge is 2.33. The van der Waals surface area contributed by atoms with Gasteiger partial charge in [-0.05, 0) is 17.9 Å². The van der Waals surface area contributed by atoms with Crippen LogP contribution in [0.2, 0.25) is 0 Å². The van der Waals surface area contributed by atoms with Gasteiger partial charge >= 0.3 is 5.97 Å². The number of hydrogen-bond donors (Lipinski definition) is 1. The number of anilines is 1. The lowest BCUT2D eigenvalue weighted by Crippen LogP contribution is -2.24. The van der Waals surface area contributed by atoms with E-state index in [1.807, 2.05) is 13.8 Å². The minimum absolute atomic E-state index is 0.00829. The van der Waals surface area contributed by atoms with Gasteiger partial charge in [-0.1, -0.05) is 13.8 Å². The van der Waals surface area contributed by atoms with E-state index in [4.69, 9.17) is 5.11 Å². The number of benzene rings is 1. The molecular weight excluding hydrogens is 267 g/mol. The third-order valence-electron chi connectivity index (χ3n) is 3.51. The summed E-state index contributed by atoms with van der Waals surface area (Å²) in [6.45, 7) is 5.21. The number of nitrogens with zero attached hydrogens (tertiary/aromatic N) is 2. The molecule has 7 heteroatoms. The van der Waals surface area contributed by atoms with Gasteiger partial charge in [0.25, 0.3) is 5.69 Å². The fraction of sp³-hybridized carbons (Fsp3) is 0.462. The molecule has 1 aliphatic heterocycles. The van der Waals surface area contributed by atoms with Gasteiger partial charge in [-0.25, -0.2) is 9.18 Å². The molecule has 0 bridgehead atoms. The van der Waals surface area contributed by atoms with Crippen LogP contribution in [0.25, 0.3) is 0 Å². The summed E-state index contributed by atoms with van der Waals surface area (Å²) < 4.78 is 13.6. The lowest BCUT2D eigenvalue weighted by molar-refractivity contribution is -0.384. The first kappa shape index (κ1) is 14.2. The summed E-state index contributed by atoms with van der Waals surface area (Å²) in [7, 11) is 0. The first-order chi connectivity index (χ1) is 9.21. The van der Waals surface area contributed by atoms with E-state index in [2.05, 4.69) is 0 Å². The molecule has 0 atom stereocenters. The molecule has 1 aliphatic rings. The Morgan fingerprint density at radius 3 is 2.60 bits per heavy atom. The number of hydrogen-bond acceptors (Lipinski definition) is 4. The van der Waals surface area contributed by atoms with Crippen molar-refractivity contribution >= 4 is 17.3 Å². The molecule has 2 rings (SSSR count). The Labute approximate surface area is 115 Å². The molecule has 1 heterocycles. The van der Waals surface area contributed by atoms with Crippen LogP contribution in [0.4, 0.5) is 15.8 Å². The van der Waals surface area contributed by atoms with E-state index in [1.165, 1.54) is 0 Å². The Bertz CT molecular complexity index is 586. The maximum absolute atomic E-state index is 13.6. The first-order valence-electron chi connectivity index (χ1n) is 6.17. The second-order valence-corrected chi connectivity index (χ2v) is 5.72. The molecule has 0 aliphatic carbocycles. The topological polar surface area (TPSA) is 83.7 Å². The van der Waals surface area contributed by atoms with Crippen molar-refractivity contribution in [3.05, 3.63) is 33.6 Å². The average molecular weight is 282 g/mol. The quantitative estimate of drug-likeness (QED) is 0.680. The van der Waals surface area contributed by atoms with Gasteiger partial charge in [-0.2, -0.15) is 0 Å². The average Bonchev–Trinajstić information content (AvgIpc) is 2.68. The van der Waals surface area contributed by atoms with E-state index in [1.54, 1.807) is 4.90 Å². The second kappa shape index (κ2) is 4.73. The highest BCUT2D eigenvalue weighted by Crippen LogP contribution is 2.38. The summed E-state index contributed by atoms with van der Waals surface area (Å²) in [5, 5.41) is 20.0. The zero-order chi connectivity index (χ0) is 15.1. The lowest BCUT2D eigenvalue weighted by atomic mass is 9.93. The van der Waals surface area contributed by atoms with Gasteiger partial charge in [-0.3, -0.25) is 10.1 Å². The van der Waals surface area contributed by atoms with Crippen LogP contribution in [0.3, 0.4) is 0 Å². The SMILES string of the molecule is CC1(C)CCN(c2cc(C(=O)O)c(F)cc2[N+](=O)[O-])C1. The summed E-state index contributed by atoms with van der Waals surface area (Å²) in [6.07, 6.45) is 0.837. The van der Waals surface area contributed by atoms with E-state index in [-0.39, 0.29) is 11.1 Å². The number of nitro benzene ring substituents is 1. The van der Waals surface area contributed by atoms with Crippen LogP contribution in [0.15, 0.2) is 12.1 Å². The van der Waals surface area contributed by atoms with Gasteiger partial charge in [0.05, 0.1) is 16.6 Å². The monoisotopic (exact) mass is 282 g/mol. The molecule has 0 unspecified atom stereocenters. The molecule has 20 heavy (non-hydrogen) atoms. The molecule has 0 radical (unpaired) electrons. The number of rotatable bonds is 3. The summed E-state index contributed by atoms with van der Waals surface area (Å²) in [4.78, 5) is 23.1. The van der Waals surface area contributed by atoms with Gasteiger partial charge in [0.2, 0.25) is 0 Å². The van der Waals surface area contributed by atoms with Gasteiger partial charge in [0, 0.05) is 13.1 Å². The van der Waals surface area contributed by atoms with Crippen molar-refractivity contribution in [3.8, 4) is 0 Å². The smallest absolute Gasteiger partial charge is 0.338 e. The van der Waals surface area contributed by atoms with Crippen LogP contribution in [0, 0.1) is 21.3 Å². The van der Waals surface area contributed by atoms with E-state index >= 15 is 0 Å². The van der Waals surface area contributed by atoms with E-state index in [9.17, 15) is 19.3 Å². The van der Waals surface area contributed by atoms with Crippen LogP contribution >= 0.6 is 0 Å². The molecule has 108 valence electrons. The van der Waals surface area contributed by atoms with Gasteiger partial charge in [-0.15, -0.1) is 0 Å². The Morgan fingerprint density at radius 1 is 1.50 bits per heavy atom. The number of carboxylic acid groups (broad SMARTS) is 1. The maximum Gasteiger partial charge on any atom is 0.338 e. The van der Waals surface area contributed by atoms with Crippen LogP contribution in [0.1, 0.15) is 30.6 Å². The summed E-state index contributed by atoms with van der Waals surface area (Å²) >= 11 is 0. The largest absolute Gasteiger partial charge is 0.478 e. The van der Waals surface area contributed by atoms with E-state index < -0.39 is 28.0 Å². The molecule has 6 nitrogen and oxygen atoms in total. The number of aromatic carboxylic acids is 1. The third kappa shape index (κ3) is 2.56. The van der Waals surface area contributed by atoms with Gasteiger partial charge < -0.3 is 10.0 Å². The summed E-state index contributed by atoms with van der Waals surface area (Å²) in [6, 6.07) is 1.74. The van der Waals surface area contributed by atoms with Crippen molar-refractivity contribution in [2.24, 2.45) is 5.41 Å². The molecular formula is C13H15FN2O4. The van der Waals surface area contributed by atoms with Crippen molar-refractivity contribution in [1.29, 1.82) is 0 Å². The summed E-state index contributed by atoms with van der Waals surface area (Å²) in [5.74, 6) is -2.52. The minimum Gasteiger partial charge on any atom is -0.478 e. The molecule has 1 aromatic carbocycles. The van der Waals surface area contributed by atoms with E-state index in [0.717, 1.165) is 12.5 Å². The van der Waals surface area contributed by atoms with Crippen LogP contribution in [-0.4, -0.2) is 29.1 Å². The van der Waals surface area contributed by atoms with Crippen molar-refractivity contribution in [3.63, 3.8) is 0 Å². The molecule has 1 N–H and O–H groups in total. The Balaban J connectivity index is 2.52. The molecule has 0 spiro atoms. The van der Waals surface area contributed by atoms with E-state index in [0.29, 0.717) is 19.2 Å². The molecule has 0 saturated carbocycles. The molecule has 1 saturated heterocycles. The van der Waals surface area contributed by atoms with Crippen LogP contribution in [-0.2, 0) is 0 Å². The third-order valence-corrected chi connectivity index (χ3v) is 3.51. The molecule has 1 aromatic rings. The Kier molecular flexibility index (Phi) is 3.37. The highest BCUT2D eigenvalue weighted by atomic mass is 19.1. The van der Waals surface area contributed by atoms with Crippen molar-refractivity contribution in [1.82, 2.24) is 0 Å². The number of carbonyl (C=O) groups is 1. The van der Waals surface area contributed by atoms with Gasteiger partial charge in [0.1, 0.15) is 11.5 Å². The normalized spacial score (nSPS) is 17.2. The molecule has 0 amide bonds. The second-order valence-electron chi connectivity index (χ2n) is 5.72. The van der Waals surface area contributed by atoms with Crippen LogP contribution < -0.4 is 4.90 Å². The predicted molar refractivity (Wildman–Crippen MR) is 70.6 cm³/mol. The lowest BCUT2D eigenvalue weighted by Gasteiger charge is -2.21. The number of nitro groups is 1. The Morgan fingerprint density at radius 2 is 2.15 bits per heavy atom. The number of carboxylic acids is 1. The summed E-state index contributed by atoms with van der Waals surface area (Å²) in [5.41, 5.74) is -0.786. The van der Waals surface area contributed by atoms with Crippen molar-refractivity contribution < 1.29 is 19.2 Å². The van der Waals surface area contributed by atoms with Crippen molar-refractivity contribution in [2.75, 3.05) is 18.0 Å². The first-order valence-corrected chi connectivity index (χ1v) is 6.17. The predicted octanol–water partition coefficient (Wildman–Crippen LogP) is 2.67. The van der Waals surface area contributed by atoms with Crippen molar-refractivity contribution in [2.45, 2.75) is 20.3 Å². The number of halogens is 1. The standard InChI is InChI=1S/C13H15FN2O4/c1-13(2)3-4-15(7-13)10-5-8(12(17)18)9(14)6-11(10)16(19)20/h5-6H,3-4,7H2,1-2H3,(H,17,18). The zero-order valence-corrected chi connectivity index (χ0v) is 11.2. The fourth-order valence-corrected chi connectivity index (χ4v) is 2.43. The zero-order valence-electron chi connectivity index (χ0n) is 11.2. The van der Waals surface area contributed by atoms with Gasteiger partial charge in [0.15, 0.2) is 0 Å².